The Labute approximate surface area is 124 Å². The quantitative estimate of drug-likeness (QED) is 0.347. The Kier molecular flexibility index (Phi) is 5.08. The molecule has 2 saturated heterocycles. The van der Waals surface area contributed by atoms with E-state index in [1.165, 1.54) is 0 Å². The Morgan fingerprint density at radius 2 is 1.27 bits per heavy atom. The van der Waals surface area contributed by atoms with Crippen molar-refractivity contribution in [1.82, 2.24) is 0 Å². The van der Waals surface area contributed by atoms with Crippen molar-refractivity contribution in [1.29, 1.82) is 0 Å². The molecule has 2 atom stereocenters. The minimum Gasteiger partial charge on any atom is -0.463 e. The maximum absolute atomic E-state index is 11.5. The first-order chi connectivity index (χ1) is 10.5. The fraction of sp³-hybridized carbons (Fsp3) is 0.615. The summed E-state index contributed by atoms with van der Waals surface area (Å²) in [4.78, 5) is 56.6. The molecule has 0 aliphatic carbocycles. The molecular weight excluding hydrogens is 300 g/mol. The van der Waals surface area contributed by atoms with Crippen LogP contribution in [0.5, 0.6) is 0 Å². The minimum atomic E-state index is -1.000. The molecule has 0 aromatic carbocycles. The highest BCUT2D eigenvalue weighted by Gasteiger charge is 2.32. The summed E-state index contributed by atoms with van der Waals surface area (Å²) >= 11 is 0. The van der Waals surface area contributed by atoms with Gasteiger partial charge in [-0.15, -0.1) is 0 Å². The van der Waals surface area contributed by atoms with Gasteiger partial charge < -0.3 is 18.9 Å². The Hall–Kier alpha value is -2.45. The predicted octanol–water partition coefficient (Wildman–Crippen LogP) is -0.947. The Morgan fingerprint density at radius 1 is 0.864 bits per heavy atom. The molecule has 2 aliphatic heterocycles. The number of hydrogen-bond donors (Lipinski definition) is 0. The standard InChI is InChI=1S/C13H14O9/c14-7(5-10(15)21-8-1-3-19-12(8)17)6-11(16)22-9-2-4-20-13(9)18/h8-9H,1-6H2. The number of hydrogen-bond acceptors (Lipinski definition) is 9. The average molecular weight is 314 g/mol. The third-order valence-electron chi connectivity index (χ3n) is 3.00. The van der Waals surface area contributed by atoms with Gasteiger partial charge in [-0.2, -0.15) is 0 Å². The van der Waals surface area contributed by atoms with Crippen molar-refractivity contribution in [2.45, 2.75) is 37.9 Å². The maximum atomic E-state index is 11.5. The zero-order valence-electron chi connectivity index (χ0n) is 11.6. The minimum absolute atomic E-state index is 0.161. The van der Waals surface area contributed by atoms with Gasteiger partial charge in [-0.1, -0.05) is 0 Å². The third kappa shape index (κ3) is 4.27. The van der Waals surface area contributed by atoms with E-state index in [4.69, 9.17) is 9.47 Å². The van der Waals surface area contributed by atoms with Crippen LogP contribution in [0.2, 0.25) is 0 Å². The largest absolute Gasteiger partial charge is 0.463 e. The number of ether oxygens (including phenoxy) is 4. The summed E-state index contributed by atoms with van der Waals surface area (Å²) in [6.07, 6.45) is -2.84. The Balaban J connectivity index is 1.70. The van der Waals surface area contributed by atoms with Crippen molar-refractivity contribution in [2.24, 2.45) is 0 Å². The molecular formula is C13H14O9. The molecule has 2 fully saturated rings. The molecule has 0 spiro atoms. The monoisotopic (exact) mass is 314 g/mol. The van der Waals surface area contributed by atoms with Gasteiger partial charge in [0.25, 0.3) is 0 Å². The second-order valence-corrected chi connectivity index (χ2v) is 4.76. The van der Waals surface area contributed by atoms with Crippen molar-refractivity contribution in [3.8, 4) is 0 Å². The summed E-state index contributed by atoms with van der Waals surface area (Å²) in [7, 11) is 0. The number of rotatable bonds is 6. The van der Waals surface area contributed by atoms with E-state index in [-0.39, 0.29) is 26.1 Å². The Bertz CT molecular complexity index is 466. The molecule has 22 heavy (non-hydrogen) atoms. The molecule has 2 rings (SSSR count). The number of esters is 4. The molecule has 9 heteroatoms. The molecule has 0 saturated carbocycles. The number of carbonyl (C=O) groups excluding carboxylic acids is 5. The zero-order valence-corrected chi connectivity index (χ0v) is 11.6. The van der Waals surface area contributed by atoms with Crippen molar-refractivity contribution in [3.63, 3.8) is 0 Å². The lowest BCUT2D eigenvalue weighted by molar-refractivity contribution is -0.163. The van der Waals surface area contributed by atoms with Crippen LogP contribution in [-0.4, -0.2) is 55.1 Å². The van der Waals surface area contributed by atoms with Crippen LogP contribution < -0.4 is 0 Å². The van der Waals surface area contributed by atoms with Crippen molar-refractivity contribution in [2.75, 3.05) is 13.2 Å². The summed E-state index contributed by atoms with van der Waals surface area (Å²) in [5.74, 6) is -3.86. The second-order valence-electron chi connectivity index (χ2n) is 4.76. The van der Waals surface area contributed by atoms with Gasteiger partial charge >= 0.3 is 23.9 Å². The first kappa shape index (κ1) is 15.9. The summed E-state index contributed by atoms with van der Waals surface area (Å²) in [5, 5.41) is 0. The maximum Gasteiger partial charge on any atom is 0.347 e. The van der Waals surface area contributed by atoms with E-state index in [9.17, 15) is 24.0 Å². The van der Waals surface area contributed by atoms with E-state index in [0.29, 0.717) is 0 Å². The molecule has 0 aromatic rings. The van der Waals surface area contributed by atoms with E-state index in [2.05, 4.69) is 9.47 Å². The third-order valence-corrected chi connectivity index (χ3v) is 3.00. The van der Waals surface area contributed by atoms with Crippen LogP contribution in [0.25, 0.3) is 0 Å². The number of carbonyl (C=O) groups is 5. The van der Waals surface area contributed by atoms with Crippen LogP contribution in [0.3, 0.4) is 0 Å². The zero-order chi connectivity index (χ0) is 16.1. The SMILES string of the molecule is O=C(CC(=O)OC1CCOC1=O)CC(=O)OC1CCOC1=O. The van der Waals surface area contributed by atoms with Crippen LogP contribution in [-0.2, 0) is 42.9 Å². The molecule has 0 N–H and O–H groups in total. The van der Waals surface area contributed by atoms with E-state index in [0.717, 1.165) is 0 Å². The van der Waals surface area contributed by atoms with Crippen LogP contribution in [0.15, 0.2) is 0 Å². The lowest BCUT2D eigenvalue weighted by Gasteiger charge is -2.09. The average Bonchev–Trinajstić information content (AvgIpc) is 2.99. The predicted molar refractivity (Wildman–Crippen MR) is 65.2 cm³/mol. The fourth-order valence-corrected chi connectivity index (χ4v) is 1.95. The van der Waals surface area contributed by atoms with Crippen LogP contribution in [0.1, 0.15) is 25.7 Å². The Morgan fingerprint density at radius 3 is 1.59 bits per heavy atom. The number of cyclic esters (lactones) is 2. The second kappa shape index (κ2) is 7.01. The smallest absolute Gasteiger partial charge is 0.347 e. The van der Waals surface area contributed by atoms with Gasteiger partial charge in [0, 0.05) is 12.8 Å². The number of ketones is 1. The molecule has 0 bridgehead atoms. The van der Waals surface area contributed by atoms with Crippen molar-refractivity contribution < 1.29 is 42.9 Å². The highest BCUT2D eigenvalue weighted by atomic mass is 16.6. The number of Topliss-reactive ketones (excluding diaryl/α,β-unsaturated/α-hetero) is 1. The molecule has 0 amide bonds. The lowest BCUT2D eigenvalue weighted by Crippen LogP contribution is -2.26. The molecule has 120 valence electrons. The summed E-state index contributed by atoms with van der Waals surface area (Å²) in [6, 6.07) is 0. The lowest BCUT2D eigenvalue weighted by atomic mass is 10.2. The van der Waals surface area contributed by atoms with Gasteiger partial charge in [-0.25, -0.2) is 9.59 Å². The van der Waals surface area contributed by atoms with Gasteiger partial charge in [-0.05, 0) is 0 Å². The topological polar surface area (TPSA) is 122 Å². The van der Waals surface area contributed by atoms with Gasteiger partial charge in [0.2, 0.25) is 12.2 Å². The van der Waals surface area contributed by atoms with Gasteiger partial charge in [0.1, 0.15) is 12.8 Å². The van der Waals surface area contributed by atoms with E-state index >= 15 is 0 Å². The molecule has 0 radical (unpaired) electrons. The summed E-state index contributed by atoms with van der Waals surface area (Å²) in [6.45, 7) is 0.323. The molecule has 2 aliphatic rings. The highest BCUT2D eigenvalue weighted by molar-refractivity contribution is 6.04. The van der Waals surface area contributed by atoms with E-state index < -0.39 is 54.7 Å². The van der Waals surface area contributed by atoms with E-state index in [1.54, 1.807) is 0 Å². The summed E-state index contributed by atoms with van der Waals surface area (Å²) in [5.41, 5.74) is 0. The molecule has 2 unspecified atom stereocenters. The fourth-order valence-electron chi connectivity index (χ4n) is 1.95. The molecule has 2 heterocycles. The highest BCUT2D eigenvalue weighted by Crippen LogP contribution is 2.13. The normalized spacial score (nSPS) is 23.6. The summed E-state index contributed by atoms with van der Waals surface area (Å²) < 4.78 is 18.7. The first-order valence-corrected chi connectivity index (χ1v) is 6.69. The van der Waals surface area contributed by atoms with Gasteiger partial charge in [-0.3, -0.25) is 14.4 Å². The van der Waals surface area contributed by atoms with Crippen molar-refractivity contribution in [3.05, 3.63) is 0 Å². The van der Waals surface area contributed by atoms with Crippen LogP contribution in [0.4, 0.5) is 0 Å². The molecule has 9 nitrogen and oxygen atoms in total. The van der Waals surface area contributed by atoms with Crippen molar-refractivity contribution >= 4 is 29.7 Å². The van der Waals surface area contributed by atoms with Gasteiger partial charge in [0.05, 0.1) is 13.2 Å². The van der Waals surface area contributed by atoms with Crippen LogP contribution in [0, 0.1) is 0 Å². The molecule has 0 aromatic heterocycles. The van der Waals surface area contributed by atoms with Crippen LogP contribution >= 0.6 is 0 Å². The first-order valence-electron chi connectivity index (χ1n) is 6.69. The van der Waals surface area contributed by atoms with Gasteiger partial charge in [0.15, 0.2) is 5.78 Å². The van der Waals surface area contributed by atoms with E-state index in [1.807, 2.05) is 0 Å².